The molecule has 0 aromatic rings. The van der Waals surface area contributed by atoms with Gasteiger partial charge in [-0.1, -0.05) is 22.6 Å². The molecular weight excluding hydrogens is 221 g/mol. The molecule has 0 radical (unpaired) electrons. The molecule has 48 valence electrons. The van der Waals surface area contributed by atoms with E-state index in [2.05, 4.69) is 0 Å². The Morgan fingerprint density at radius 3 is 2.50 bits per heavy atom. The van der Waals surface area contributed by atoms with Gasteiger partial charge in [0.25, 0.3) is 0 Å². The molecule has 0 bridgehead atoms. The van der Waals surface area contributed by atoms with Gasteiger partial charge in [-0.2, -0.15) is 0 Å². The summed E-state index contributed by atoms with van der Waals surface area (Å²) in [6, 6.07) is 0. The number of aliphatic hydroxyl groups excluding tert-OH is 1. The summed E-state index contributed by atoms with van der Waals surface area (Å²) in [5.41, 5.74) is 4.77. The van der Waals surface area contributed by atoms with Gasteiger partial charge in [0.1, 0.15) is 0 Å². The molecule has 0 aliphatic rings. The van der Waals surface area contributed by atoms with Crippen LogP contribution in [0.4, 0.5) is 0 Å². The lowest BCUT2D eigenvalue weighted by Gasteiger charge is -1.99. The highest BCUT2D eigenvalue weighted by Gasteiger charge is 2.03. The average molecular weight is 229 g/mol. The second kappa shape index (κ2) is 4.08. The maximum absolute atomic E-state index is 10.0. The van der Waals surface area contributed by atoms with E-state index in [1.165, 1.54) is 0 Å². The first-order valence-corrected chi connectivity index (χ1v) is 3.71. The van der Waals surface area contributed by atoms with Crippen LogP contribution < -0.4 is 5.73 Å². The fourth-order valence-corrected chi connectivity index (χ4v) is 0.598. The van der Waals surface area contributed by atoms with E-state index < -0.39 is 12.0 Å². The number of rotatable bonds is 3. The number of amides is 1. The van der Waals surface area contributed by atoms with Crippen molar-refractivity contribution in [2.24, 2.45) is 5.73 Å². The monoisotopic (exact) mass is 229 g/mol. The Kier molecular flexibility index (Phi) is 4.16. The van der Waals surface area contributed by atoms with Gasteiger partial charge in [-0.25, -0.2) is 0 Å². The van der Waals surface area contributed by atoms with Gasteiger partial charge in [0.15, 0.2) is 0 Å². The van der Waals surface area contributed by atoms with Gasteiger partial charge in [0, 0.05) is 4.43 Å². The standard InChI is InChI=1S/C4H8INO2/c5-2-3(7)1-4(6)8/h3,7H,1-2H2,(H2,6,8). The van der Waals surface area contributed by atoms with Crippen molar-refractivity contribution >= 4 is 28.5 Å². The number of carbonyl (C=O) groups excluding carboxylic acids is 1. The van der Waals surface area contributed by atoms with E-state index in [1.54, 1.807) is 0 Å². The minimum Gasteiger partial charge on any atom is -0.392 e. The maximum atomic E-state index is 10.0. The fraction of sp³-hybridized carbons (Fsp3) is 0.750. The lowest BCUT2D eigenvalue weighted by atomic mass is 10.3. The largest absolute Gasteiger partial charge is 0.392 e. The zero-order chi connectivity index (χ0) is 6.57. The van der Waals surface area contributed by atoms with Gasteiger partial charge in [-0.3, -0.25) is 4.79 Å². The number of hydrogen-bond donors (Lipinski definition) is 2. The number of alkyl halides is 1. The molecule has 0 fully saturated rings. The Labute approximate surface area is 61.4 Å². The third kappa shape index (κ3) is 4.32. The topological polar surface area (TPSA) is 63.3 Å². The SMILES string of the molecule is NC(=O)CC(O)CI. The van der Waals surface area contributed by atoms with Gasteiger partial charge in [-0.15, -0.1) is 0 Å². The van der Waals surface area contributed by atoms with Crippen LogP contribution in [0.3, 0.4) is 0 Å². The predicted octanol–water partition coefficient (Wildman–Crippen LogP) is -0.342. The fourth-order valence-electron chi connectivity index (χ4n) is 0.287. The third-order valence-corrected chi connectivity index (χ3v) is 1.63. The summed E-state index contributed by atoms with van der Waals surface area (Å²) in [6.07, 6.45) is -0.490. The first-order chi connectivity index (χ1) is 3.66. The van der Waals surface area contributed by atoms with Crippen LogP contribution in [0.5, 0.6) is 0 Å². The van der Waals surface area contributed by atoms with E-state index in [4.69, 9.17) is 10.8 Å². The molecule has 0 spiro atoms. The number of hydrogen-bond acceptors (Lipinski definition) is 2. The van der Waals surface area contributed by atoms with Crippen LogP contribution in [0.15, 0.2) is 0 Å². The molecule has 0 aliphatic heterocycles. The smallest absolute Gasteiger partial charge is 0.220 e. The van der Waals surface area contributed by atoms with Crippen molar-refractivity contribution in [2.75, 3.05) is 4.43 Å². The van der Waals surface area contributed by atoms with Crippen LogP contribution in [0.25, 0.3) is 0 Å². The van der Waals surface area contributed by atoms with Crippen molar-refractivity contribution in [3.63, 3.8) is 0 Å². The van der Waals surface area contributed by atoms with Crippen LogP contribution in [0, 0.1) is 0 Å². The van der Waals surface area contributed by atoms with Crippen LogP contribution in [-0.4, -0.2) is 21.5 Å². The molecule has 0 heterocycles. The molecule has 3 nitrogen and oxygen atoms in total. The zero-order valence-electron chi connectivity index (χ0n) is 4.30. The van der Waals surface area contributed by atoms with Crippen molar-refractivity contribution in [1.82, 2.24) is 0 Å². The summed E-state index contributed by atoms with van der Waals surface area (Å²) in [4.78, 5) is 10.0. The highest BCUT2D eigenvalue weighted by molar-refractivity contribution is 14.1. The molecule has 4 heteroatoms. The molecule has 3 N–H and O–H groups in total. The van der Waals surface area contributed by atoms with Crippen LogP contribution in [0.1, 0.15) is 6.42 Å². The first-order valence-electron chi connectivity index (χ1n) is 2.19. The summed E-state index contributed by atoms with van der Waals surface area (Å²) >= 11 is 1.99. The molecule has 8 heavy (non-hydrogen) atoms. The van der Waals surface area contributed by atoms with Crippen LogP contribution in [-0.2, 0) is 4.79 Å². The Hall–Kier alpha value is 0.160. The van der Waals surface area contributed by atoms with Gasteiger partial charge in [0.05, 0.1) is 12.5 Å². The van der Waals surface area contributed by atoms with Crippen LogP contribution in [0.2, 0.25) is 0 Å². The number of halogens is 1. The Balaban J connectivity index is 3.24. The summed E-state index contributed by atoms with van der Waals surface area (Å²) in [5, 5.41) is 8.72. The Morgan fingerprint density at radius 1 is 1.88 bits per heavy atom. The van der Waals surface area contributed by atoms with Gasteiger partial charge < -0.3 is 10.8 Å². The summed E-state index contributed by atoms with van der Waals surface area (Å²) < 4.78 is 0.556. The molecule has 0 aromatic carbocycles. The minimum absolute atomic E-state index is 0.0724. The van der Waals surface area contributed by atoms with E-state index in [0.717, 1.165) is 0 Å². The zero-order valence-corrected chi connectivity index (χ0v) is 6.46. The summed E-state index contributed by atoms with van der Waals surface area (Å²) in [5.74, 6) is -0.450. The van der Waals surface area contributed by atoms with E-state index in [9.17, 15) is 4.79 Å². The molecule has 1 unspecified atom stereocenters. The molecule has 0 saturated carbocycles. The van der Waals surface area contributed by atoms with Crippen molar-refractivity contribution < 1.29 is 9.90 Å². The van der Waals surface area contributed by atoms with Crippen molar-refractivity contribution in [3.05, 3.63) is 0 Å². The summed E-state index contributed by atoms with van der Waals surface area (Å²) in [7, 11) is 0. The van der Waals surface area contributed by atoms with Gasteiger partial charge in [-0.05, 0) is 0 Å². The quantitative estimate of drug-likeness (QED) is 0.513. The number of primary amides is 1. The molecule has 0 aromatic heterocycles. The molecule has 0 saturated heterocycles. The number of carbonyl (C=O) groups is 1. The molecule has 1 atom stereocenters. The highest BCUT2D eigenvalue weighted by atomic mass is 127. The van der Waals surface area contributed by atoms with Crippen molar-refractivity contribution in [3.8, 4) is 0 Å². The Bertz CT molecular complexity index is 86.1. The lowest BCUT2D eigenvalue weighted by Crippen LogP contribution is -2.20. The van der Waals surface area contributed by atoms with E-state index in [-0.39, 0.29) is 6.42 Å². The second-order valence-electron chi connectivity index (χ2n) is 1.48. The van der Waals surface area contributed by atoms with E-state index in [0.29, 0.717) is 4.43 Å². The number of aliphatic hydroxyl groups is 1. The van der Waals surface area contributed by atoms with Gasteiger partial charge in [0.2, 0.25) is 5.91 Å². The normalized spacial score (nSPS) is 13.2. The molecular formula is C4H8INO2. The molecule has 0 rings (SSSR count). The predicted molar refractivity (Wildman–Crippen MR) is 38.7 cm³/mol. The highest BCUT2D eigenvalue weighted by Crippen LogP contribution is 1.94. The lowest BCUT2D eigenvalue weighted by molar-refractivity contribution is -0.119. The van der Waals surface area contributed by atoms with Crippen molar-refractivity contribution in [2.45, 2.75) is 12.5 Å². The Morgan fingerprint density at radius 2 is 2.38 bits per heavy atom. The average Bonchev–Trinajstić information content (AvgIpc) is 1.65. The third-order valence-electron chi connectivity index (χ3n) is 0.615. The molecule has 0 aliphatic carbocycles. The molecule has 1 amide bonds. The van der Waals surface area contributed by atoms with Crippen molar-refractivity contribution in [1.29, 1.82) is 0 Å². The van der Waals surface area contributed by atoms with Gasteiger partial charge >= 0.3 is 0 Å². The summed E-state index contributed by atoms with van der Waals surface area (Å²) in [6.45, 7) is 0. The number of nitrogens with two attached hydrogens (primary N) is 1. The van der Waals surface area contributed by atoms with E-state index in [1.807, 2.05) is 22.6 Å². The second-order valence-corrected chi connectivity index (χ2v) is 2.36. The van der Waals surface area contributed by atoms with Crippen LogP contribution >= 0.6 is 22.6 Å². The maximum Gasteiger partial charge on any atom is 0.220 e. The van der Waals surface area contributed by atoms with E-state index >= 15 is 0 Å². The first kappa shape index (κ1) is 8.16. The minimum atomic E-state index is -0.562.